The lowest BCUT2D eigenvalue weighted by molar-refractivity contribution is 0.0698. The molecule has 0 fully saturated rings. The number of carbonyl (C=O) groups excluding carboxylic acids is 1. The number of carbonyl (C=O) groups is 2. The molecule has 0 aliphatic rings. The fraction of sp³-hybridized carbons (Fsp3) is 0.0667. The number of carboxylic acid groups (broad SMARTS) is 1. The monoisotopic (exact) mass is 286 g/mol. The fourth-order valence-electron chi connectivity index (χ4n) is 1.85. The van der Waals surface area contributed by atoms with Crippen molar-refractivity contribution in [2.75, 3.05) is 18.2 Å². The molecular weight excluding hydrogens is 272 g/mol. The second-order valence-electron chi connectivity index (χ2n) is 4.26. The van der Waals surface area contributed by atoms with Crippen LogP contribution in [0.3, 0.4) is 0 Å². The van der Waals surface area contributed by atoms with Gasteiger partial charge in [0.25, 0.3) is 5.91 Å². The number of nitrogens with one attached hydrogen (secondary N) is 1. The van der Waals surface area contributed by atoms with E-state index in [4.69, 9.17) is 15.6 Å². The van der Waals surface area contributed by atoms with E-state index in [1.54, 1.807) is 24.3 Å². The number of methoxy groups -OCH3 is 1. The average Bonchev–Trinajstić information content (AvgIpc) is 2.47. The predicted octanol–water partition coefficient (Wildman–Crippen LogP) is 2.23. The maximum Gasteiger partial charge on any atom is 0.337 e. The van der Waals surface area contributed by atoms with Gasteiger partial charge < -0.3 is 20.9 Å². The summed E-state index contributed by atoms with van der Waals surface area (Å²) in [6, 6.07) is 10.8. The lowest BCUT2D eigenvalue weighted by atomic mass is 10.1. The number of benzene rings is 2. The third kappa shape index (κ3) is 3.11. The first-order valence-corrected chi connectivity index (χ1v) is 6.10. The summed E-state index contributed by atoms with van der Waals surface area (Å²) in [4.78, 5) is 23.2. The Kier molecular flexibility index (Phi) is 4.08. The molecule has 0 aliphatic heterocycles. The molecule has 0 unspecified atom stereocenters. The first-order chi connectivity index (χ1) is 10.0. The van der Waals surface area contributed by atoms with E-state index in [1.807, 2.05) is 0 Å². The highest BCUT2D eigenvalue weighted by molar-refractivity contribution is 6.08. The van der Waals surface area contributed by atoms with Crippen molar-refractivity contribution in [3.8, 4) is 5.75 Å². The fourth-order valence-corrected chi connectivity index (χ4v) is 1.85. The zero-order chi connectivity index (χ0) is 15.4. The van der Waals surface area contributed by atoms with Crippen LogP contribution in [0.2, 0.25) is 0 Å². The predicted molar refractivity (Wildman–Crippen MR) is 78.8 cm³/mol. The van der Waals surface area contributed by atoms with Crippen molar-refractivity contribution in [3.63, 3.8) is 0 Å². The SMILES string of the molecule is COc1ccc(C(=O)Nc2ccccc2C(=O)O)cc1N. The number of carboxylic acids is 1. The first-order valence-electron chi connectivity index (χ1n) is 6.10. The number of rotatable bonds is 4. The summed E-state index contributed by atoms with van der Waals surface area (Å²) < 4.78 is 5.01. The molecule has 0 saturated heterocycles. The quantitative estimate of drug-likeness (QED) is 0.748. The van der Waals surface area contributed by atoms with Gasteiger partial charge in [-0.25, -0.2) is 4.79 Å². The van der Waals surface area contributed by atoms with Crippen molar-refractivity contribution in [1.82, 2.24) is 0 Å². The van der Waals surface area contributed by atoms with Crippen LogP contribution in [0.4, 0.5) is 11.4 Å². The van der Waals surface area contributed by atoms with Crippen LogP contribution >= 0.6 is 0 Å². The van der Waals surface area contributed by atoms with E-state index in [9.17, 15) is 9.59 Å². The molecule has 6 nitrogen and oxygen atoms in total. The third-order valence-electron chi connectivity index (χ3n) is 2.90. The average molecular weight is 286 g/mol. The van der Waals surface area contributed by atoms with Gasteiger partial charge in [-0.15, -0.1) is 0 Å². The second-order valence-corrected chi connectivity index (χ2v) is 4.26. The Hall–Kier alpha value is -3.02. The summed E-state index contributed by atoms with van der Waals surface area (Å²) in [7, 11) is 1.48. The third-order valence-corrected chi connectivity index (χ3v) is 2.90. The molecule has 0 heterocycles. The maximum absolute atomic E-state index is 12.1. The molecular formula is C15H14N2O4. The van der Waals surface area contributed by atoms with Gasteiger partial charge in [0, 0.05) is 5.56 Å². The van der Waals surface area contributed by atoms with Gasteiger partial charge in [0.05, 0.1) is 24.0 Å². The Morgan fingerprint density at radius 2 is 1.90 bits per heavy atom. The lowest BCUT2D eigenvalue weighted by Gasteiger charge is -2.10. The Labute approximate surface area is 121 Å². The van der Waals surface area contributed by atoms with Gasteiger partial charge in [0.2, 0.25) is 0 Å². The minimum atomic E-state index is -1.11. The smallest absolute Gasteiger partial charge is 0.337 e. The van der Waals surface area contributed by atoms with Crippen molar-refractivity contribution in [2.45, 2.75) is 0 Å². The van der Waals surface area contributed by atoms with Crippen LogP contribution in [0.5, 0.6) is 5.75 Å². The minimum absolute atomic E-state index is 0.0207. The molecule has 1 amide bonds. The van der Waals surface area contributed by atoms with E-state index < -0.39 is 11.9 Å². The minimum Gasteiger partial charge on any atom is -0.495 e. The number of anilines is 2. The van der Waals surface area contributed by atoms with Crippen molar-refractivity contribution in [1.29, 1.82) is 0 Å². The van der Waals surface area contributed by atoms with Gasteiger partial charge in [-0.1, -0.05) is 12.1 Å². The molecule has 0 aliphatic carbocycles. The molecule has 0 atom stereocenters. The van der Waals surface area contributed by atoms with E-state index >= 15 is 0 Å². The van der Waals surface area contributed by atoms with Crippen LogP contribution in [0.25, 0.3) is 0 Å². The van der Waals surface area contributed by atoms with Crippen molar-refractivity contribution in [3.05, 3.63) is 53.6 Å². The van der Waals surface area contributed by atoms with Gasteiger partial charge >= 0.3 is 5.97 Å². The van der Waals surface area contributed by atoms with E-state index in [0.717, 1.165) is 0 Å². The molecule has 0 saturated carbocycles. The number of hydrogen-bond acceptors (Lipinski definition) is 4. The number of para-hydroxylation sites is 1. The Morgan fingerprint density at radius 3 is 2.52 bits per heavy atom. The van der Waals surface area contributed by atoms with E-state index in [1.165, 1.54) is 25.3 Å². The zero-order valence-corrected chi connectivity index (χ0v) is 11.3. The number of nitrogen functional groups attached to an aromatic ring is 1. The summed E-state index contributed by atoms with van der Waals surface area (Å²) in [6.45, 7) is 0. The van der Waals surface area contributed by atoms with Crippen LogP contribution in [-0.2, 0) is 0 Å². The molecule has 0 radical (unpaired) electrons. The summed E-state index contributed by atoms with van der Waals surface area (Å²) in [5.74, 6) is -1.09. The second kappa shape index (κ2) is 5.96. The van der Waals surface area contributed by atoms with Crippen molar-refractivity contribution >= 4 is 23.3 Å². The molecule has 4 N–H and O–H groups in total. The van der Waals surface area contributed by atoms with Gasteiger partial charge in [-0.3, -0.25) is 4.79 Å². The van der Waals surface area contributed by atoms with Crippen LogP contribution < -0.4 is 15.8 Å². The summed E-state index contributed by atoms with van der Waals surface area (Å²) in [5, 5.41) is 11.6. The summed E-state index contributed by atoms with van der Waals surface area (Å²) >= 11 is 0. The molecule has 0 spiro atoms. The highest BCUT2D eigenvalue weighted by Crippen LogP contribution is 2.23. The van der Waals surface area contributed by atoms with Gasteiger partial charge in [-0.05, 0) is 30.3 Å². The Bertz CT molecular complexity index is 698. The molecule has 2 rings (SSSR count). The first kappa shape index (κ1) is 14.4. The van der Waals surface area contributed by atoms with Crippen LogP contribution in [0, 0.1) is 0 Å². The number of amides is 1. The van der Waals surface area contributed by atoms with E-state index in [-0.39, 0.29) is 11.3 Å². The van der Waals surface area contributed by atoms with Crippen molar-refractivity contribution in [2.24, 2.45) is 0 Å². The number of ether oxygens (including phenoxy) is 1. The summed E-state index contributed by atoms with van der Waals surface area (Å²) in [5.41, 5.74) is 6.63. The topological polar surface area (TPSA) is 102 Å². The van der Waals surface area contributed by atoms with E-state index in [2.05, 4.69) is 5.32 Å². The number of nitrogens with two attached hydrogens (primary N) is 1. The van der Waals surface area contributed by atoms with Gasteiger partial charge in [-0.2, -0.15) is 0 Å². The van der Waals surface area contributed by atoms with E-state index in [0.29, 0.717) is 17.0 Å². The highest BCUT2D eigenvalue weighted by Gasteiger charge is 2.13. The summed E-state index contributed by atoms with van der Waals surface area (Å²) in [6.07, 6.45) is 0. The highest BCUT2D eigenvalue weighted by atomic mass is 16.5. The Morgan fingerprint density at radius 1 is 1.19 bits per heavy atom. The largest absolute Gasteiger partial charge is 0.495 e. The molecule has 2 aromatic rings. The molecule has 2 aromatic carbocycles. The van der Waals surface area contributed by atoms with Crippen LogP contribution in [0.1, 0.15) is 20.7 Å². The zero-order valence-electron chi connectivity index (χ0n) is 11.3. The number of hydrogen-bond donors (Lipinski definition) is 3. The van der Waals surface area contributed by atoms with Crippen LogP contribution in [0.15, 0.2) is 42.5 Å². The normalized spacial score (nSPS) is 9.95. The molecule has 0 bridgehead atoms. The molecule has 0 aromatic heterocycles. The van der Waals surface area contributed by atoms with Gasteiger partial charge in [0.1, 0.15) is 5.75 Å². The Balaban J connectivity index is 2.26. The van der Waals surface area contributed by atoms with Crippen molar-refractivity contribution < 1.29 is 19.4 Å². The molecule has 21 heavy (non-hydrogen) atoms. The number of aromatic carboxylic acids is 1. The lowest BCUT2D eigenvalue weighted by Crippen LogP contribution is -2.15. The molecule has 6 heteroatoms. The maximum atomic E-state index is 12.1. The standard InChI is InChI=1S/C15H14N2O4/c1-21-13-7-6-9(8-11(13)16)14(18)17-12-5-3-2-4-10(12)15(19)20/h2-8H,16H2,1H3,(H,17,18)(H,19,20). The van der Waals surface area contributed by atoms with Gasteiger partial charge in [0.15, 0.2) is 0 Å². The van der Waals surface area contributed by atoms with Crippen LogP contribution in [-0.4, -0.2) is 24.1 Å². The molecule has 108 valence electrons.